The second-order valence-corrected chi connectivity index (χ2v) is 5.37. The zero-order chi connectivity index (χ0) is 14.2. The lowest BCUT2D eigenvalue weighted by Gasteiger charge is -2.21. The number of hydrogen-bond donors (Lipinski definition) is 1. The normalized spacial score (nSPS) is 20.6. The number of nitrogens with two attached hydrogens (primary N) is 1. The highest BCUT2D eigenvalue weighted by Gasteiger charge is 2.14. The summed E-state index contributed by atoms with van der Waals surface area (Å²) in [4.78, 5) is 2.42. The molecule has 1 heterocycles. The molecular weight excluding hydrogens is 252 g/mol. The number of ether oxygens (including phenoxy) is 2. The number of rotatable bonds is 6. The van der Waals surface area contributed by atoms with Crippen molar-refractivity contribution in [2.24, 2.45) is 5.73 Å². The van der Waals surface area contributed by atoms with E-state index < -0.39 is 0 Å². The van der Waals surface area contributed by atoms with Crippen molar-refractivity contribution in [3.8, 4) is 5.75 Å². The van der Waals surface area contributed by atoms with Crippen LogP contribution in [0.1, 0.15) is 18.9 Å². The first-order valence-electron chi connectivity index (χ1n) is 7.53. The molecule has 2 rings (SSSR count). The fourth-order valence-corrected chi connectivity index (χ4v) is 2.49. The molecule has 1 aliphatic heterocycles. The van der Waals surface area contributed by atoms with Gasteiger partial charge in [0, 0.05) is 26.2 Å². The van der Waals surface area contributed by atoms with Crippen molar-refractivity contribution in [1.29, 1.82) is 0 Å². The first kappa shape index (κ1) is 15.3. The molecule has 2 N–H and O–H groups in total. The van der Waals surface area contributed by atoms with Gasteiger partial charge in [-0.2, -0.15) is 0 Å². The van der Waals surface area contributed by atoms with Crippen molar-refractivity contribution in [1.82, 2.24) is 4.90 Å². The molecule has 0 aliphatic carbocycles. The van der Waals surface area contributed by atoms with Gasteiger partial charge in [0.2, 0.25) is 0 Å². The van der Waals surface area contributed by atoms with Crippen LogP contribution in [0.15, 0.2) is 24.3 Å². The highest BCUT2D eigenvalue weighted by atomic mass is 16.5. The Kier molecular flexibility index (Phi) is 6.30. The molecule has 112 valence electrons. The quantitative estimate of drug-likeness (QED) is 0.860. The predicted molar refractivity (Wildman–Crippen MR) is 81.2 cm³/mol. The molecule has 0 radical (unpaired) electrons. The summed E-state index contributed by atoms with van der Waals surface area (Å²) in [6.45, 7) is 7.48. The van der Waals surface area contributed by atoms with Gasteiger partial charge in [0.15, 0.2) is 0 Å². The minimum atomic E-state index is 0.327. The lowest BCUT2D eigenvalue weighted by Crippen LogP contribution is -2.33. The van der Waals surface area contributed by atoms with Crippen LogP contribution >= 0.6 is 0 Å². The van der Waals surface area contributed by atoms with Crippen LogP contribution in [0.25, 0.3) is 0 Å². The highest BCUT2D eigenvalue weighted by molar-refractivity contribution is 5.27. The van der Waals surface area contributed by atoms with Crippen LogP contribution in [0.3, 0.4) is 0 Å². The molecule has 1 aliphatic rings. The Morgan fingerprint density at radius 2 is 2.15 bits per heavy atom. The van der Waals surface area contributed by atoms with E-state index in [1.165, 1.54) is 5.56 Å². The van der Waals surface area contributed by atoms with E-state index in [9.17, 15) is 0 Å². The Morgan fingerprint density at radius 1 is 1.35 bits per heavy atom. The average molecular weight is 278 g/mol. The van der Waals surface area contributed by atoms with Crippen molar-refractivity contribution < 1.29 is 9.47 Å². The molecule has 4 nitrogen and oxygen atoms in total. The van der Waals surface area contributed by atoms with Gasteiger partial charge in [-0.3, -0.25) is 4.90 Å². The number of benzene rings is 1. The Balaban J connectivity index is 1.71. The summed E-state index contributed by atoms with van der Waals surface area (Å²) in [6.07, 6.45) is 2.36. The SMILES string of the molecule is CC1CN(CCOc2ccc(CCN)cc2)CCCO1. The molecule has 0 saturated carbocycles. The lowest BCUT2D eigenvalue weighted by atomic mass is 10.1. The zero-order valence-corrected chi connectivity index (χ0v) is 12.4. The molecular formula is C16H26N2O2. The maximum absolute atomic E-state index is 5.80. The van der Waals surface area contributed by atoms with Crippen LogP contribution in [0.2, 0.25) is 0 Å². The van der Waals surface area contributed by atoms with E-state index in [2.05, 4.69) is 24.0 Å². The van der Waals surface area contributed by atoms with Gasteiger partial charge in [-0.25, -0.2) is 0 Å². The summed E-state index contributed by atoms with van der Waals surface area (Å²) < 4.78 is 11.4. The van der Waals surface area contributed by atoms with Crippen LogP contribution in [0.4, 0.5) is 0 Å². The van der Waals surface area contributed by atoms with E-state index in [0.717, 1.165) is 51.4 Å². The van der Waals surface area contributed by atoms with Gasteiger partial charge in [0.1, 0.15) is 12.4 Å². The lowest BCUT2D eigenvalue weighted by molar-refractivity contribution is 0.0658. The molecule has 0 spiro atoms. The summed E-state index contributed by atoms with van der Waals surface area (Å²) in [6, 6.07) is 8.23. The van der Waals surface area contributed by atoms with Crippen LogP contribution in [-0.4, -0.2) is 50.4 Å². The molecule has 20 heavy (non-hydrogen) atoms. The predicted octanol–water partition coefficient (Wildman–Crippen LogP) is 1.68. The minimum absolute atomic E-state index is 0.327. The van der Waals surface area contributed by atoms with Crippen LogP contribution < -0.4 is 10.5 Å². The van der Waals surface area contributed by atoms with E-state index in [0.29, 0.717) is 12.6 Å². The first-order chi connectivity index (χ1) is 9.78. The Labute approximate surface area is 121 Å². The molecule has 1 saturated heterocycles. The van der Waals surface area contributed by atoms with Gasteiger partial charge in [0.05, 0.1) is 6.10 Å². The van der Waals surface area contributed by atoms with E-state index in [-0.39, 0.29) is 0 Å². The summed E-state index contributed by atoms with van der Waals surface area (Å²) in [5, 5.41) is 0. The Morgan fingerprint density at radius 3 is 2.90 bits per heavy atom. The van der Waals surface area contributed by atoms with Crippen molar-refractivity contribution in [2.75, 3.05) is 39.4 Å². The third-order valence-electron chi connectivity index (χ3n) is 3.57. The van der Waals surface area contributed by atoms with E-state index >= 15 is 0 Å². The van der Waals surface area contributed by atoms with E-state index in [1.807, 2.05) is 12.1 Å². The topological polar surface area (TPSA) is 47.7 Å². The van der Waals surface area contributed by atoms with Crippen LogP contribution in [-0.2, 0) is 11.2 Å². The van der Waals surface area contributed by atoms with Crippen molar-refractivity contribution in [3.05, 3.63) is 29.8 Å². The third-order valence-corrected chi connectivity index (χ3v) is 3.57. The van der Waals surface area contributed by atoms with Gasteiger partial charge in [-0.15, -0.1) is 0 Å². The van der Waals surface area contributed by atoms with E-state index in [4.69, 9.17) is 15.2 Å². The van der Waals surface area contributed by atoms with Gasteiger partial charge in [-0.1, -0.05) is 12.1 Å². The Hall–Kier alpha value is -1.10. The van der Waals surface area contributed by atoms with E-state index in [1.54, 1.807) is 0 Å². The molecule has 1 unspecified atom stereocenters. The van der Waals surface area contributed by atoms with Crippen LogP contribution in [0, 0.1) is 0 Å². The first-order valence-corrected chi connectivity index (χ1v) is 7.53. The fourth-order valence-electron chi connectivity index (χ4n) is 2.49. The summed E-state index contributed by atoms with van der Waals surface area (Å²) >= 11 is 0. The van der Waals surface area contributed by atoms with Gasteiger partial charge in [0.25, 0.3) is 0 Å². The van der Waals surface area contributed by atoms with Crippen molar-refractivity contribution in [2.45, 2.75) is 25.9 Å². The largest absolute Gasteiger partial charge is 0.492 e. The van der Waals surface area contributed by atoms with Gasteiger partial charge in [-0.05, 0) is 44.0 Å². The summed E-state index contributed by atoms with van der Waals surface area (Å²) in [5.41, 5.74) is 6.80. The van der Waals surface area contributed by atoms with Gasteiger partial charge >= 0.3 is 0 Å². The molecule has 1 aromatic carbocycles. The smallest absolute Gasteiger partial charge is 0.119 e. The number of nitrogens with zero attached hydrogens (tertiary/aromatic N) is 1. The average Bonchev–Trinajstić information content (AvgIpc) is 2.65. The van der Waals surface area contributed by atoms with Gasteiger partial charge < -0.3 is 15.2 Å². The van der Waals surface area contributed by atoms with Crippen molar-refractivity contribution in [3.63, 3.8) is 0 Å². The highest BCUT2D eigenvalue weighted by Crippen LogP contribution is 2.12. The van der Waals surface area contributed by atoms with Crippen molar-refractivity contribution >= 4 is 0 Å². The maximum atomic E-state index is 5.80. The second kappa shape index (κ2) is 8.25. The molecule has 4 heteroatoms. The van der Waals surface area contributed by atoms with Crippen LogP contribution in [0.5, 0.6) is 5.75 Å². The molecule has 1 fully saturated rings. The third kappa shape index (κ3) is 5.12. The number of hydrogen-bond acceptors (Lipinski definition) is 4. The zero-order valence-electron chi connectivity index (χ0n) is 12.4. The second-order valence-electron chi connectivity index (χ2n) is 5.37. The molecule has 1 atom stereocenters. The minimum Gasteiger partial charge on any atom is -0.492 e. The molecule has 0 aromatic heterocycles. The standard InChI is InChI=1S/C16H26N2O2/c1-14-13-18(9-2-11-19-14)10-12-20-16-5-3-15(4-6-16)7-8-17/h3-6,14H,2,7-13,17H2,1H3. The monoisotopic (exact) mass is 278 g/mol. The maximum Gasteiger partial charge on any atom is 0.119 e. The molecule has 0 amide bonds. The summed E-state index contributed by atoms with van der Waals surface area (Å²) in [7, 11) is 0. The Bertz CT molecular complexity index is 381. The summed E-state index contributed by atoms with van der Waals surface area (Å²) in [5.74, 6) is 0.935. The molecule has 1 aromatic rings. The fraction of sp³-hybridized carbons (Fsp3) is 0.625. The molecule has 0 bridgehead atoms.